The van der Waals surface area contributed by atoms with Gasteiger partial charge in [0.15, 0.2) is 0 Å². The van der Waals surface area contributed by atoms with Gasteiger partial charge in [0, 0.05) is 32.9 Å². The van der Waals surface area contributed by atoms with Gasteiger partial charge in [-0.05, 0) is 31.3 Å². The van der Waals surface area contributed by atoms with Crippen molar-refractivity contribution in [1.29, 1.82) is 0 Å². The Morgan fingerprint density at radius 1 is 1.37 bits per heavy atom. The molecule has 1 atom stereocenters. The number of anilines is 1. The minimum absolute atomic E-state index is 0.192. The van der Waals surface area contributed by atoms with Crippen LogP contribution in [0.1, 0.15) is 11.6 Å². The summed E-state index contributed by atoms with van der Waals surface area (Å²) >= 11 is 5.28. The van der Waals surface area contributed by atoms with E-state index in [-0.39, 0.29) is 6.04 Å². The third-order valence-corrected chi connectivity index (χ3v) is 4.39. The molecule has 0 saturated carbocycles. The standard InChI is InChI=1S/C14H16BrN3S/c1-17-13(12-6-3-7-18-14(12)16)9-19-11-5-2-4-10(15)8-11/h2-8,13,17H,9H2,1H3,(H2,16,18). The largest absolute Gasteiger partial charge is 0.383 e. The predicted molar refractivity (Wildman–Crippen MR) is 85.3 cm³/mol. The number of nitrogens with one attached hydrogen (secondary N) is 1. The number of hydrogen-bond donors (Lipinski definition) is 2. The van der Waals surface area contributed by atoms with Gasteiger partial charge in [-0.2, -0.15) is 0 Å². The summed E-state index contributed by atoms with van der Waals surface area (Å²) in [4.78, 5) is 5.37. The number of nitrogen functional groups attached to an aromatic ring is 1. The average Bonchev–Trinajstić information content (AvgIpc) is 2.41. The first-order valence-corrected chi connectivity index (χ1v) is 7.74. The Morgan fingerprint density at radius 2 is 2.21 bits per heavy atom. The number of hydrogen-bond acceptors (Lipinski definition) is 4. The fourth-order valence-electron chi connectivity index (χ4n) is 1.79. The normalized spacial score (nSPS) is 12.3. The SMILES string of the molecule is CNC(CSc1cccc(Br)c1)c1cccnc1N. The highest BCUT2D eigenvalue weighted by molar-refractivity contribution is 9.10. The summed E-state index contributed by atoms with van der Waals surface area (Å²) in [6.45, 7) is 0. The van der Waals surface area contributed by atoms with Gasteiger partial charge in [-0.25, -0.2) is 4.98 Å². The highest BCUT2D eigenvalue weighted by atomic mass is 79.9. The van der Waals surface area contributed by atoms with Gasteiger partial charge in [0.2, 0.25) is 0 Å². The Morgan fingerprint density at radius 3 is 2.89 bits per heavy atom. The van der Waals surface area contributed by atoms with Crippen molar-refractivity contribution in [2.75, 3.05) is 18.5 Å². The molecule has 0 amide bonds. The zero-order valence-electron chi connectivity index (χ0n) is 10.6. The number of pyridine rings is 1. The van der Waals surface area contributed by atoms with Crippen molar-refractivity contribution in [3.05, 3.63) is 52.6 Å². The molecule has 2 rings (SSSR count). The Hall–Kier alpha value is -1.04. The van der Waals surface area contributed by atoms with Gasteiger partial charge in [-0.1, -0.05) is 28.1 Å². The van der Waals surface area contributed by atoms with Gasteiger partial charge in [-0.15, -0.1) is 11.8 Å². The van der Waals surface area contributed by atoms with Crippen molar-refractivity contribution in [3.63, 3.8) is 0 Å². The molecular formula is C14H16BrN3S. The first-order chi connectivity index (χ1) is 9.20. The van der Waals surface area contributed by atoms with E-state index >= 15 is 0 Å². The summed E-state index contributed by atoms with van der Waals surface area (Å²) in [5.41, 5.74) is 6.97. The summed E-state index contributed by atoms with van der Waals surface area (Å²) in [5, 5.41) is 3.29. The van der Waals surface area contributed by atoms with Gasteiger partial charge >= 0.3 is 0 Å². The molecule has 0 saturated heterocycles. The lowest BCUT2D eigenvalue weighted by Gasteiger charge is -2.17. The van der Waals surface area contributed by atoms with E-state index in [2.05, 4.69) is 38.4 Å². The Balaban J connectivity index is 2.06. The lowest BCUT2D eigenvalue weighted by atomic mass is 10.1. The summed E-state index contributed by atoms with van der Waals surface area (Å²) in [7, 11) is 1.94. The maximum atomic E-state index is 5.92. The third-order valence-electron chi connectivity index (χ3n) is 2.81. The Labute approximate surface area is 126 Å². The number of nitrogens with zero attached hydrogens (tertiary/aromatic N) is 1. The van der Waals surface area contributed by atoms with Crippen LogP contribution in [0.15, 0.2) is 52.0 Å². The second-order valence-corrected chi connectivity index (χ2v) is 6.10. The van der Waals surface area contributed by atoms with E-state index in [4.69, 9.17) is 5.73 Å². The smallest absolute Gasteiger partial charge is 0.128 e. The topological polar surface area (TPSA) is 50.9 Å². The molecule has 2 aromatic rings. The summed E-state index contributed by atoms with van der Waals surface area (Å²) in [6.07, 6.45) is 1.72. The average molecular weight is 338 g/mol. The molecule has 0 aliphatic carbocycles. The van der Waals surface area contributed by atoms with E-state index in [1.807, 2.05) is 31.3 Å². The lowest BCUT2D eigenvalue weighted by Crippen LogP contribution is -2.20. The molecule has 5 heteroatoms. The van der Waals surface area contributed by atoms with Gasteiger partial charge in [0.1, 0.15) is 5.82 Å². The second kappa shape index (κ2) is 6.93. The van der Waals surface area contributed by atoms with E-state index in [1.165, 1.54) is 4.90 Å². The van der Waals surface area contributed by atoms with Crippen LogP contribution < -0.4 is 11.1 Å². The first-order valence-electron chi connectivity index (χ1n) is 5.96. The number of thioether (sulfide) groups is 1. The van der Waals surface area contributed by atoms with Crippen molar-refractivity contribution >= 4 is 33.5 Å². The van der Waals surface area contributed by atoms with Gasteiger partial charge in [0.25, 0.3) is 0 Å². The van der Waals surface area contributed by atoms with Crippen LogP contribution in [0, 0.1) is 0 Å². The highest BCUT2D eigenvalue weighted by Crippen LogP contribution is 2.28. The third kappa shape index (κ3) is 3.96. The van der Waals surface area contributed by atoms with Crippen LogP contribution in [0.4, 0.5) is 5.82 Å². The minimum Gasteiger partial charge on any atom is -0.383 e. The molecule has 0 radical (unpaired) electrons. The Bertz CT molecular complexity index is 548. The van der Waals surface area contributed by atoms with Crippen LogP contribution in [0.2, 0.25) is 0 Å². The molecule has 3 N–H and O–H groups in total. The lowest BCUT2D eigenvalue weighted by molar-refractivity contribution is 0.661. The zero-order chi connectivity index (χ0) is 13.7. The molecule has 0 fully saturated rings. The molecule has 19 heavy (non-hydrogen) atoms. The van der Waals surface area contributed by atoms with Crippen molar-refractivity contribution in [3.8, 4) is 0 Å². The Kier molecular flexibility index (Phi) is 5.24. The van der Waals surface area contributed by atoms with Crippen LogP contribution in [0.25, 0.3) is 0 Å². The summed E-state index contributed by atoms with van der Waals surface area (Å²) < 4.78 is 1.10. The van der Waals surface area contributed by atoms with E-state index in [0.29, 0.717) is 5.82 Å². The number of benzene rings is 1. The van der Waals surface area contributed by atoms with Crippen molar-refractivity contribution in [2.45, 2.75) is 10.9 Å². The first kappa shape index (κ1) is 14.4. The zero-order valence-corrected chi connectivity index (χ0v) is 13.0. The maximum absolute atomic E-state index is 5.92. The fraction of sp³-hybridized carbons (Fsp3) is 0.214. The molecule has 3 nitrogen and oxygen atoms in total. The van der Waals surface area contributed by atoms with Crippen LogP contribution in [0.3, 0.4) is 0 Å². The van der Waals surface area contributed by atoms with Gasteiger partial charge < -0.3 is 11.1 Å². The van der Waals surface area contributed by atoms with Gasteiger partial charge in [-0.3, -0.25) is 0 Å². The summed E-state index contributed by atoms with van der Waals surface area (Å²) in [6, 6.07) is 12.4. The molecule has 0 spiro atoms. The van der Waals surface area contributed by atoms with Crippen molar-refractivity contribution in [1.82, 2.24) is 10.3 Å². The van der Waals surface area contributed by atoms with E-state index in [1.54, 1.807) is 18.0 Å². The van der Waals surface area contributed by atoms with Crippen molar-refractivity contribution in [2.24, 2.45) is 0 Å². The molecule has 1 aromatic carbocycles. The number of nitrogens with two attached hydrogens (primary N) is 1. The van der Waals surface area contributed by atoms with Crippen LogP contribution in [-0.2, 0) is 0 Å². The molecule has 1 aromatic heterocycles. The quantitative estimate of drug-likeness (QED) is 0.820. The number of rotatable bonds is 5. The predicted octanol–water partition coefficient (Wildman–Crippen LogP) is 3.48. The second-order valence-electron chi connectivity index (χ2n) is 4.09. The van der Waals surface area contributed by atoms with Crippen LogP contribution in [0.5, 0.6) is 0 Å². The highest BCUT2D eigenvalue weighted by Gasteiger charge is 2.13. The minimum atomic E-state index is 0.192. The number of aromatic nitrogens is 1. The molecule has 0 aliphatic heterocycles. The monoisotopic (exact) mass is 337 g/mol. The molecule has 0 aliphatic rings. The van der Waals surface area contributed by atoms with Gasteiger partial charge in [0.05, 0.1) is 0 Å². The molecular weight excluding hydrogens is 322 g/mol. The molecule has 100 valence electrons. The number of halogens is 1. The molecule has 1 unspecified atom stereocenters. The maximum Gasteiger partial charge on any atom is 0.128 e. The molecule has 1 heterocycles. The van der Waals surface area contributed by atoms with Crippen LogP contribution >= 0.6 is 27.7 Å². The van der Waals surface area contributed by atoms with Crippen molar-refractivity contribution < 1.29 is 0 Å². The fourth-order valence-corrected chi connectivity index (χ4v) is 3.43. The van der Waals surface area contributed by atoms with Crippen LogP contribution in [-0.4, -0.2) is 17.8 Å². The van der Waals surface area contributed by atoms with E-state index in [0.717, 1.165) is 15.8 Å². The van der Waals surface area contributed by atoms with E-state index in [9.17, 15) is 0 Å². The molecule has 0 bridgehead atoms. The van der Waals surface area contributed by atoms with E-state index < -0.39 is 0 Å². The summed E-state index contributed by atoms with van der Waals surface area (Å²) in [5.74, 6) is 1.50.